The zero-order chi connectivity index (χ0) is 19.4. The van der Waals surface area contributed by atoms with E-state index in [1.165, 1.54) is 35.2 Å². The maximum atomic E-state index is 13.9. The summed E-state index contributed by atoms with van der Waals surface area (Å²) >= 11 is 0. The molecule has 1 aliphatic rings. The SMILES string of the molecule is C[C@@]1(C(=O)NCc2cccc(F)c2)CCCN(C(=O)c2ccccc2F)C1. The molecule has 1 fully saturated rings. The molecule has 0 unspecified atom stereocenters. The van der Waals surface area contributed by atoms with E-state index in [0.717, 1.165) is 0 Å². The summed E-state index contributed by atoms with van der Waals surface area (Å²) in [6, 6.07) is 11.9. The fraction of sp³-hybridized carbons (Fsp3) is 0.333. The second-order valence-corrected chi connectivity index (χ2v) is 7.18. The van der Waals surface area contributed by atoms with Gasteiger partial charge in [-0.2, -0.15) is 0 Å². The lowest BCUT2D eigenvalue weighted by Gasteiger charge is -2.39. The van der Waals surface area contributed by atoms with Gasteiger partial charge in [-0.15, -0.1) is 0 Å². The first-order chi connectivity index (χ1) is 12.9. The summed E-state index contributed by atoms with van der Waals surface area (Å²) in [7, 11) is 0. The lowest BCUT2D eigenvalue weighted by Crippen LogP contribution is -2.51. The highest BCUT2D eigenvalue weighted by Crippen LogP contribution is 2.31. The first-order valence-electron chi connectivity index (χ1n) is 8.96. The zero-order valence-electron chi connectivity index (χ0n) is 15.2. The standard InChI is InChI=1S/C21H22F2N2O2/c1-21(20(27)24-13-15-6-4-7-16(22)12-15)10-5-11-25(14-21)19(26)17-8-2-3-9-18(17)23/h2-4,6-9,12H,5,10-11,13-14H2,1H3,(H,24,27)/t21-/m1/s1. The lowest BCUT2D eigenvalue weighted by molar-refractivity contribution is -0.132. The van der Waals surface area contributed by atoms with Crippen LogP contribution < -0.4 is 5.32 Å². The Morgan fingerprint density at radius 2 is 1.93 bits per heavy atom. The fourth-order valence-corrected chi connectivity index (χ4v) is 3.45. The first-order valence-corrected chi connectivity index (χ1v) is 8.96. The summed E-state index contributed by atoms with van der Waals surface area (Å²) in [5, 5.41) is 2.83. The van der Waals surface area contributed by atoms with Crippen molar-refractivity contribution < 1.29 is 18.4 Å². The van der Waals surface area contributed by atoms with Crippen LogP contribution in [0.25, 0.3) is 0 Å². The van der Waals surface area contributed by atoms with Gasteiger partial charge in [-0.3, -0.25) is 9.59 Å². The van der Waals surface area contributed by atoms with E-state index in [0.29, 0.717) is 24.9 Å². The number of hydrogen-bond acceptors (Lipinski definition) is 2. The second-order valence-electron chi connectivity index (χ2n) is 7.18. The topological polar surface area (TPSA) is 49.4 Å². The molecule has 27 heavy (non-hydrogen) atoms. The number of piperidine rings is 1. The van der Waals surface area contributed by atoms with Crippen molar-refractivity contribution in [3.05, 3.63) is 71.3 Å². The molecule has 0 saturated carbocycles. The molecule has 1 heterocycles. The highest BCUT2D eigenvalue weighted by atomic mass is 19.1. The predicted molar refractivity (Wildman–Crippen MR) is 97.9 cm³/mol. The van der Waals surface area contributed by atoms with Crippen LogP contribution in [0.1, 0.15) is 35.7 Å². The van der Waals surface area contributed by atoms with Gasteiger partial charge >= 0.3 is 0 Å². The van der Waals surface area contributed by atoms with E-state index in [1.807, 2.05) is 0 Å². The van der Waals surface area contributed by atoms with Gasteiger partial charge in [-0.1, -0.05) is 24.3 Å². The Hall–Kier alpha value is -2.76. The summed E-state index contributed by atoms with van der Waals surface area (Å²) < 4.78 is 27.2. The molecule has 2 aromatic rings. The summed E-state index contributed by atoms with van der Waals surface area (Å²) in [5.41, 5.74) is -0.0871. The van der Waals surface area contributed by atoms with E-state index >= 15 is 0 Å². The molecule has 1 N–H and O–H groups in total. The summed E-state index contributed by atoms with van der Waals surface area (Å²) in [4.78, 5) is 26.9. The number of amides is 2. The Morgan fingerprint density at radius 3 is 2.67 bits per heavy atom. The third-order valence-electron chi connectivity index (χ3n) is 4.98. The minimum absolute atomic E-state index is 0.0157. The minimum Gasteiger partial charge on any atom is -0.351 e. The van der Waals surface area contributed by atoms with E-state index in [1.54, 1.807) is 25.1 Å². The Labute approximate surface area is 157 Å². The van der Waals surface area contributed by atoms with Crippen LogP contribution in [-0.2, 0) is 11.3 Å². The number of carbonyl (C=O) groups excluding carboxylic acids is 2. The molecular weight excluding hydrogens is 350 g/mol. The van der Waals surface area contributed by atoms with Crippen molar-refractivity contribution in [3.8, 4) is 0 Å². The lowest BCUT2D eigenvalue weighted by atomic mass is 9.80. The molecule has 0 radical (unpaired) electrons. The molecule has 0 aromatic heterocycles. The van der Waals surface area contributed by atoms with Gasteiger partial charge in [0.2, 0.25) is 5.91 Å². The third kappa shape index (κ3) is 4.32. The predicted octanol–water partition coefficient (Wildman–Crippen LogP) is 3.52. The van der Waals surface area contributed by atoms with Gasteiger partial charge < -0.3 is 10.2 Å². The first kappa shape index (κ1) is 19.0. The van der Waals surface area contributed by atoms with Crippen molar-refractivity contribution in [2.75, 3.05) is 13.1 Å². The average Bonchev–Trinajstić information content (AvgIpc) is 2.66. The minimum atomic E-state index is -0.771. The fourth-order valence-electron chi connectivity index (χ4n) is 3.45. The summed E-state index contributed by atoms with van der Waals surface area (Å²) in [6.07, 6.45) is 1.28. The molecule has 3 rings (SSSR count). The molecule has 2 amide bonds. The van der Waals surface area contributed by atoms with E-state index in [-0.39, 0.29) is 30.4 Å². The maximum Gasteiger partial charge on any atom is 0.256 e. The Morgan fingerprint density at radius 1 is 1.15 bits per heavy atom. The molecule has 1 atom stereocenters. The third-order valence-corrected chi connectivity index (χ3v) is 4.98. The normalized spacial score (nSPS) is 19.6. The summed E-state index contributed by atoms with van der Waals surface area (Å²) in [5.74, 6) is -1.52. The Bertz CT molecular complexity index is 856. The summed E-state index contributed by atoms with van der Waals surface area (Å²) in [6.45, 7) is 2.72. The largest absolute Gasteiger partial charge is 0.351 e. The van der Waals surface area contributed by atoms with E-state index < -0.39 is 17.1 Å². The van der Waals surface area contributed by atoms with Crippen molar-refractivity contribution in [2.45, 2.75) is 26.3 Å². The molecule has 0 spiro atoms. The molecule has 4 nitrogen and oxygen atoms in total. The molecular formula is C21H22F2N2O2. The van der Waals surface area contributed by atoms with Crippen LogP contribution >= 0.6 is 0 Å². The van der Waals surface area contributed by atoms with E-state index in [9.17, 15) is 18.4 Å². The molecule has 142 valence electrons. The van der Waals surface area contributed by atoms with Crippen molar-refractivity contribution in [2.24, 2.45) is 5.41 Å². The van der Waals surface area contributed by atoms with Gasteiger partial charge in [0.1, 0.15) is 11.6 Å². The van der Waals surface area contributed by atoms with Crippen molar-refractivity contribution >= 4 is 11.8 Å². The van der Waals surface area contributed by atoms with Gasteiger partial charge in [0.25, 0.3) is 5.91 Å². The van der Waals surface area contributed by atoms with Gasteiger partial charge in [0.15, 0.2) is 0 Å². The average molecular weight is 372 g/mol. The van der Waals surface area contributed by atoms with Crippen LogP contribution in [0.3, 0.4) is 0 Å². The maximum absolute atomic E-state index is 13.9. The highest BCUT2D eigenvalue weighted by Gasteiger charge is 2.39. The van der Waals surface area contributed by atoms with Gasteiger partial charge in [-0.05, 0) is 49.6 Å². The Kier molecular flexibility index (Phi) is 5.54. The number of nitrogens with one attached hydrogen (secondary N) is 1. The number of benzene rings is 2. The molecule has 2 aromatic carbocycles. The van der Waals surface area contributed by atoms with Crippen molar-refractivity contribution in [1.82, 2.24) is 10.2 Å². The quantitative estimate of drug-likeness (QED) is 0.893. The number of hydrogen-bond donors (Lipinski definition) is 1. The van der Waals surface area contributed by atoms with Crippen LogP contribution in [0, 0.1) is 17.0 Å². The van der Waals surface area contributed by atoms with E-state index in [4.69, 9.17) is 0 Å². The molecule has 0 aliphatic carbocycles. The number of halogens is 2. The smallest absolute Gasteiger partial charge is 0.256 e. The number of carbonyl (C=O) groups is 2. The zero-order valence-corrected chi connectivity index (χ0v) is 15.2. The van der Waals surface area contributed by atoms with Crippen LogP contribution in [0.4, 0.5) is 8.78 Å². The molecule has 6 heteroatoms. The van der Waals surface area contributed by atoms with E-state index in [2.05, 4.69) is 5.32 Å². The van der Waals surface area contributed by atoms with Crippen LogP contribution in [0.5, 0.6) is 0 Å². The van der Waals surface area contributed by atoms with Crippen molar-refractivity contribution in [1.29, 1.82) is 0 Å². The highest BCUT2D eigenvalue weighted by molar-refractivity contribution is 5.95. The monoisotopic (exact) mass is 372 g/mol. The van der Waals surface area contributed by atoms with Crippen molar-refractivity contribution in [3.63, 3.8) is 0 Å². The molecule has 1 aliphatic heterocycles. The number of nitrogens with zero attached hydrogens (tertiary/aromatic N) is 1. The Balaban J connectivity index is 1.67. The number of likely N-dealkylation sites (tertiary alicyclic amines) is 1. The van der Waals surface area contributed by atoms with Gasteiger partial charge in [0.05, 0.1) is 11.0 Å². The van der Waals surface area contributed by atoms with Crippen LogP contribution in [-0.4, -0.2) is 29.8 Å². The van der Waals surface area contributed by atoms with Gasteiger partial charge in [-0.25, -0.2) is 8.78 Å². The van der Waals surface area contributed by atoms with Crippen LogP contribution in [0.2, 0.25) is 0 Å². The van der Waals surface area contributed by atoms with Crippen LogP contribution in [0.15, 0.2) is 48.5 Å². The molecule has 0 bridgehead atoms. The molecule has 1 saturated heterocycles. The number of rotatable bonds is 4. The van der Waals surface area contributed by atoms with Gasteiger partial charge in [0, 0.05) is 19.6 Å². The second kappa shape index (κ2) is 7.86.